The molecule has 1 aliphatic rings. The number of benzene rings is 1. The number of ether oxygens (including phenoxy) is 2. The highest BCUT2D eigenvalue weighted by Gasteiger charge is 2.33. The third-order valence-electron chi connectivity index (χ3n) is 4.90. The number of carbonyl (C=O) groups is 1. The highest BCUT2D eigenvalue weighted by atomic mass is 127. The molecule has 0 saturated heterocycles. The van der Waals surface area contributed by atoms with E-state index in [2.05, 4.69) is 4.99 Å². The lowest BCUT2D eigenvalue weighted by molar-refractivity contribution is -0.139. The van der Waals surface area contributed by atoms with Gasteiger partial charge in [-0.15, -0.1) is 11.3 Å². The molecule has 32 heavy (non-hydrogen) atoms. The third-order valence-corrected chi connectivity index (χ3v) is 7.63. The molecule has 3 heterocycles. The second-order valence-corrected chi connectivity index (χ2v) is 10.0. The Bertz CT molecular complexity index is 1400. The first-order chi connectivity index (χ1) is 15.3. The summed E-state index contributed by atoms with van der Waals surface area (Å²) in [6, 6.07) is 6.63. The van der Waals surface area contributed by atoms with Crippen LogP contribution in [-0.4, -0.2) is 29.4 Å². The summed E-state index contributed by atoms with van der Waals surface area (Å²) in [6.45, 7) is 3.74. The van der Waals surface area contributed by atoms with Gasteiger partial charge in [-0.25, -0.2) is 9.79 Å². The first kappa shape index (κ1) is 22.7. The van der Waals surface area contributed by atoms with Crippen molar-refractivity contribution in [1.82, 2.24) is 4.57 Å². The molecule has 1 aromatic carbocycles. The van der Waals surface area contributed by atoms with Crippen molar-refractivity contribution in [2.24, 2.45) is 4.99 Å². The Labute approximate surface area is 205 Å². The van der Waals surface area contributed by atoms with Gasteiger partial charge < -0.3 is 14.6 Å². The van der Waals surface area contributed by atoms with E-state index in [-0.39, 0.29) is 17.9 Å². The van der Waals surface area contributed by atoms with Crippen LogP contribution in [0.1, 0.15) is 30.3 Å². The van der Waals surface area contributed by atoms with Crippen molar-refractivity contribution in [3.05, 3.63) is 74.6 Å². The Morgan fingerprint density at radius 3 is 2.84 bits per heavy atom. The minimum Gasteiger partial charge on any atom is -0.504 e. The summed E-state index contributed by atoms with van der Waals surface area (Å²) < 4.78 is 13.1. The Kier molecular flexibility index (Phi) is 6.54. The molecule has 0 unspecified atom stereocenters. The third kappa shape index (κ3) is 4.02. The summed E-state index contributed by atoms with van der Waals surface area (Å²) in [6.07, 6.45) is 1.74. The second-order valence-electron chi connectivity index (χ2n) is 6.87. The van der Waals surface area contributed by atoms with Crippen LogP contribution in [-0.2, 0) is 9.53 Å². The van der Waals surface area contributed by atoms with Crippen molar-refractivity contribution in [3.8, 4) is 11.5 Å². The molecule has 166 valence electrons. The van der Waals surface area contributed by atoms with Gasteiger partial charge in [-0.1, -0.05) is 17.4 Å². The number of thiazole rings is 1. The van der Waals surface area contributed by atoms with Gasteiger partial charge in [0.1, 0.15) is 6.04 Å². The van der Waals surface area contributed by atoms with Gasteiger partial charge in [0.25, 0.3) is 5.56 Å². The maximum atomic E-state index is 13.5. The van der Waals surface area contributed by atoms with E-state index in [1.54, 1.807) is 36.6 Å². The molecule has 4 rings (SSSR count). The fourth-order valence-electron chi connectivity index (χ4n) is 3.49. The molecule has 0 aliphatic carbocycles. The number of rotatable bonds is 5. The van der Waals surface area contributed by atoms with Gasteiger partial charge in [-0.2, -0.15) is 0 Å². The summed E-state index contributed by atoms with van der Waals surface area (Å²) in [5, 5.41) is 12.0. The molecule has 1 atom stereocenters. The lowest BCUT2D eigenvalue weighted by Gasteiger charge is -2.23. The smallest absolute Gasteiger partial charge is 0.338 e. The molecule has 0 saturated carbocycles. The quantitative estimate of drug-likeness (QED) is 0.369. The average Bonchev–Trinajstić information content (AvgIpc) is 3.38. The Morgan fingerprint density at radius 1 is 1.41 bits per heavy atom. The number of allylic oxidation sites excluding steroid dienone is 1. The fourth-order valence-corrected chi connectivity index (χ4v) is 5.99. The molecule has 0 bridgehead atoms. The lowest BCUT2D eigenvalue weighted by atomic mass is 10.0. The number of aromatic nitrogens is 1. The zero-order chi connectivity index (χ0) is 23.0. The van der Waals surface area contributed by atoms with Gasteiger partial charge in [0, 0.05) is 4.88 Å². The topological polar surface area (TPSA) is 90.1 Å². The molecule has 1 aliphatic heterocycles. The summed E-state index contributed by atoms with van der Waals surface area (Å²) in [4.78, 5) is 32.2. The zero-order valence-electron chi connectivity index (χ0n) is 17.4. The Morgan fingerprint density at radius 2 is 2.19 bits per heavy atom. The highest BCUT2D eigenvalue weighted by molar-refractivity contribution is 14.1. The number of thiophene rings is 1. The van der Waals surface area contributed by atoms with Crippen molar-refractivity contribution in [3.63, 3.8) is 0 Å². The normalized spacial score (nSPS) is 16.0. The van der Waals surface area contributed by atoms with Crippen LogP contribution in [0.2, 0.25) is 0 Å². The van der Waals surface area contributed by atoms with Crippen LogP contribution in [0.15, 0.2) is 50.7 Å². The molecule has 7 nitrogen and oxygen atoms in total. The summed E-state index contributed by atoms with van der Waals surface area (Å²) in [7, 11) is 1.48. The van der Waals surface area contributed by atoms with Crippen LogP contribution >= 0.6 is 45.3 Å². The fraction of sp³-hybridized carbons (Fsp3) is 0.227. The molecule has 0 fully saturated rings. The molecule has 10 heteroatoms. The van der Waals surface area contributed by atoms with E-state index < -0.39 is 12.0 Å². The first-order valence-corrected chi connectivity index (χ1v) is 12.4. The summed E-state index contributed by atoms with van der Waals surface area (Å²) in [5.74, 6) is -0.0915. The van der Waals surface area contributed by atoms with E-state index in [0.29, 0.717) is 35.5 Å². The van der Waals surface area contributed by atoms with Crippen molar-refractivity contribution in [2.75, 3.05) is 13.7 Å². The van der Waals surface area contributed by atoms with E-state index >= 15 is 0 Å². The van der Waals surface area contributed by atoms with Crippen molar-refractivity contribution in [1.29, 1.82) is 0 Å². The number of carbonyl (C=O) groups excluding carboxylic acids is 1. The Hall–Kier alpha value is -2.44. The maximum Gasteiger partial charge on any atom is 0.338 e. The van der Waals surface area contributed by atoms with Crippen LogP contribution in [0.5, 0.6) is 11.5 Å². The Balaban J connectivity index is 1.93. The molecule has 1 N–H and O–H groups in total. The number of phenolic OH excluding ortho intramolecular Hbond substituents is 1. The van der Waals surface area contributed by atoms with Crippen LogP contribution in [0.3, 0.4) is 0 Å². The van der Waals surface area contributed by atoms with Crippen molar-refractivity contribution in [2.45, 2.75) is 19.9 Å². The largest absolute Gasteiger partial charge is 0.504 e. The predicted molar refractivity (Wildman–Crippen MR) is 132 cm³/mol. The van der Waals surface area contributed by atoms with Crippen LogP contribution in [0, 0.1) is 3.57 Å². The minimum atomic E-state index is -0.595. The molecule has 0 amide bonds. The number of nitrogens with zero attached hydrogens (tertiary/aromatic N) is 2. The van der Waals surface area contributed by atoms with Crippen LogP contribution < -0.4 is 19.6 Å². The second kappa shape index (κ2) is 9.20. The van der Waals surface area contributed by atoms with Crippen molar-refractivity contribution >= 4 is 57.3 Å². The van der Waals surface area contributed by atoms with Crippen LogP contribution in [0.25, 0.3) is 6.08 Å². The number of hydrogen-bond donors (Lipinski definition) is 1. The predicted octanol–water partition coefficient (Wildman–Crippen LogP) is 3.18. The number of fused-ring (bicyclic) bond motifs is 1. The van der Waals surface area contributed by atoms with E-state index in [4.69, 9.17) is 9.47 Å². The van der Waals surface area contributed by atoms with Gasteiger partial charge in [0.2, 0.25) is 0 Å². The molecule has 3 aromatic rings. The van der Waals surface area contributed by atoms with E-state index in [0.717, 1.165) is 4.88 Å². The molecule has 2 aromatic heterocycles. The SMILES string of the molecule is CCOC(=O)C1=C(C)N=c2s/c(=C\c3cc(I)c(O)c(OC)c3)c(=O)n2[C@@H]1c1cccs1. The van der Waals surface area contributed by atoms with E-state index in [1.807, 2.05) is 40.1 Å². The van der Waals surface area contributed by atoms with Gasteiger partial charge in [0.15, 0.2) is 16.3 Å². The number of halogens is 1. The number of esters is 1. The molecule has 0 spiro atoms. The van der Waals surface area contributed by atoms with Crippen LogP contribution in [0.4, 0.5) is 0 Å². The highest BCUT2D eigenvalue weighted by Crippen LogP contribution is 2.34. The summed E-state index contributed by atoms with van der Waals surface area (Å²) in [5.41, 5.74) is 1.37. The first-order valence-electron chi connectivity index (χ1n) is 9.65. The zero-order valence-corrected chi connectivity index (χ0v) is 21.2. The van der Waals surface area contributed by atoms with Crippen molar-refractivity contribution < 1.29 is 19.4 Å². The average molecular weight is 582 g/mol. The number of phenols is 1. The minimum absolute atomic E-state index is 0.0547. The van der Waals surface area contributed by atoms with Gasteiger partial charge in [-0.3, -0.25) is 9.36 Å². The van der Waals surface area contributed by atoms with Gasteiger partial charge >= 0.3 is 5.97 Å². The molecular weight excluding hydrogens is 563 g/mol. The monoisotopic (exact) mass is 582 g/mol. The molecule has 0 radical (unpaired) electrons. The number of aromatic hydroxyl groups is 1. The lowest BCUT2D eigenvalue weighted by Crippen LogP contribution is -2.39. The number of hydrogen-bond acceptors (Lipinski definition) is 8. The summed E-state index contributed by atoms with van der Waals surface area (Å²) >= 11 is 4.74. The van der Waals surface area contributed by atoms with Gasteiger partial charge in [0.05, 0.1) is 33.1 Å². The van der Waals surface area contributed by atoms with E-state index in [1.165, 1.54) is 29.8 Å². The molecular formula is C22H19IN2O5S2. The maximum absolute atomic E-state index is 13.5. The standard InChI is InChI=1S/C22H19IN2O5S2/c1-4-30-21(28)17-11(2)24-22-25(18(17)15-6-5-7-31-15)20(27)16(32-22)10-12-8-13(23)19(26)14(9-12)29-3/h5-10,18,26H,4H2,1-3H3/b16-10-/t18-/m1/s1. The van der Waals surface area contributed by atoms with Gasteiger partial charge in [-0.05, 0) is 71.7 Å². The van der Waals surface area contributed by atoms with E-state index in [9.17, 15) is 14.7 Å². The number of methoxy groups -OCH3 is 1.